The average molecular weight is 230 g/mol. The molecule has 4 nitrogen and oxygen atoms in total. The number of hydrogen-bond acceptors (Lipinski definition) is 4. The van der Waals surface area contributed by atoms with Gasteiger partial charge in [-0.3, -0.25) is 4.79 Å². The minimum absolute atomic E-state index is 0.0500. The Bertz CT molecular complexity index is 237. The lowest BCUT2D eigenvalue weighted by atomic mass is 9.89. The smallest absolute Gasteiger partial charge is 0.305 e. The van der Waals surface area contributed by atoms with Gasteiger partial charge in [-0.1, -0.05) is 19.8 Å². The van der Waals surface area contributed by atoms with E-state index in [1.165, 1.54) is 7.11 Å². The van der Waals surface area contributed by atoms with Crippen LogP contribution in [0.15, 0.2) is 0 Å². The maximum absolute atomic E-state index is 11.2. The Balaban J connectivity index is 2.53. The third kappa shape index (κ3) is 3.76. The standard InChI is InChI=1S/C12H22O4/c1-3-4-5-9-7-12(14,15)8-10(9)6-11(13)16-2/h9-10,14-15H,3-8H2,1-2H3. The normalized spacial score (nSPS) is 28.0. The second kappa shape index (κ2) is 5.64. The van der Waals surface area contributed by atoms with Gasteiger partial charge in [0.25, 0.3) is 0 Å². The van der Waals surface area contributed by atoms with Crippen LogP contribution in [0.1, 0.15) is 45.4 Å². The van der Waals surface area contributed by atoms with Crippen molar-refractivity contribution in [3.05, 3.63) is 0 Å². The fraction of sp³-hybridized carbons (Fsp3) is 0.917. The quantitative estimate of drug-likeness (QED) is 0.554. The van der Waals surface area contributed by atoms with E-state index in [-0.39, 0.29) is 24.2 Å². The molecule has 94 valence electrons. The van der Waals surface area contributed by atoms with Crippen LogP contribution in [0, 0.1) is 11.8 Å². The SMILES string of the molecule is CCCCC1CC(O)(O)CC1CC(=O)OC. The Morgan fingerprint density at radius 3 is 2.56 bits per heavy atom. The molecule has 1 saturated carbocycles. The predicted molar refractivity (Wildman–Crippen MR) is 59.5 cm³/mol. The summed E-state index contributed by atoms with van der Waals surface area (Å²) in [5.41, 5.74) is 0. The van der Waals surface area contributed by atoms with Gasteiger partial charge in [0.05, 0.1) is 7.11 Å². The highest BCUT2D eigenvalue weighted by atomic mass is 16.5. The first-order valence-corrected chi connectivity index (χ1v) is 6.00. The maximum atomic E-state index is 11.2. The molecule has 1 aliphatic rings. The molecule has 0 aromatic heterocycles. The van der Waals surface area contributed by atoms with Crippen LogP contribution in [0.5, 0.6) is 0 Å². The summed E-state index contributed by atoms with van der Waals surface area (Å²) in [5, 5.41) is 19.2. The molecule has 0 aliphatic heterocycles. The molecule has 2 unspecified atom stereocenters. The van der Waals surface area contributed by atoms with Crippen molar-refractivity contribution in [3.8, 4) is 0 Å². The molecular weight excluding hydrogens is 208 g/mol. The van der Waals surface area contributed by atoms with Gasteiger partial charge >= 0.3 is 5.97 Å². The lowest BCUT2D eigenvalue weighted by Crippen LogP contribution is -2.23. The monoisotopic (exact) mass is 230 g/mol. The summed E-state index contributed by atoms with van der Waals surface area (Å²) in [6.45, 7) is 2.11. The van der Waals surface area contributed by atoms with Crippen molar-refractivity contribution in [1.82, 2.24) is 0 Å². The van der Waals surface area contributed by atoms with Crippen molar-refractivity contribution in [2.24, 2.45) is 11.8 Å². The highest BCUT2D eigenvalue weighted by Crippen LogP contribution is 2.42. The number of aliphatic hydroxyl groups is 2. The van der Waals surface area contributed by atoms with Crippen molar-refractivity contribution in [3.63, 3.8) is 0 Å². The molecule has 16 heavy (non-hydrogen) atoms. The van der Waals surface area contributed by atoms with Crippen LogP contribution in [0.2, 0.25) is 0 Å². The summed E-state index contributed by atoms with van der Waals surface area (Å²) < 4.78 is 4.63. The second-order valence-corrected chi connectivity index (χ2v) is 4.83. The Morgan fingerprint density at radius 2 is 2.00 bits per heavy atom. The molecule has 0 aromatic carbocycles. The molecule has 0 aromatic rings. The topological polar surface area (TPSA) is 66.8 Å². The van der Waals surface area contributed by atoms with Crippen LogP contribution in [-0.4, -0.2) is 29.1 Å². The van der Waals surface area contributed by atoms with Crippen LogP contribution in [0.25, 0.3) is 0 Å². The fourth-order valence-corrected chi connectivity index (χ4v) is 2.60. The molecule has 0 bridgehead atoms. The van der Waals surface area contributed by atoms with Gasteiger partial charge < -0.3 is 14.9 Å². The minimum Gasteiger partial charge on any atom is -0.469 e. The van der Waals surface area contributed by atoms with Crippen molar-refractivity contribution >= 4 is 5.97 Å². The largest absolute Gasteiger partial charge is 0.469 e. The summed E-state index contributed by atoms with van der Waals surface area (Å²) in [6, 6.07) is 0. The zero-order valence-corrected chi connectivity index (χ0v) is 10.1. The number of unbranched alkanes of at least 4 members (excludes halogenated alkanes) is 1. The number of rotatable bonds is 5. The Hall–Kier alpha value is -0.610. The van der Waals surface area contributed by atoms with E-state index >= 15 is 0 Å². The molecular formula is C12H22O4. The first kappa shape index (κ1) is 13.5. The number of hydrogen-bond donors (Lipinski definition) is 2. The van der Waals surface area contributed by atoms with Crippen LogP contribution < -0.4 is 0 Å². The first-order chi connectivity index (χ1) is 7.48. The van der Waals surface area contributed by atoms with Crippen molar-refractivity contribution in [2.75, 3.05) is 7.11 Å². The van der Waals surface area contributed by atoms with Gasteiger partial charge in [0.2, 0.25) is 0 Å². The lowest BCUT2D eigenvalue weighted by Gasteiger charge is -2.16. The van der Waals surface area contributed by atoms with Crippen molar-refractivity contribution < 1.29 is 19.7 Å². The molecule has 1 fully saturated rings. The van der Waals surface area contributed by atoms with E-state index in [0.29, 0.717) is 12.8 Å². The number of esters is 1. The van der Waals surface area contributed by atoms with Gasteiger partial charge in [-0.2, -0.15) is 0 Å². The Kier molecular flexibility index (Phi) is 4.74. The molecule has 1 aliphatic carbocycles. The molecule has 0 amide bonds. The lowest BCUT2D eigenvalue weighted by molar-refractivity contribution is -0.158. The van der Waals surface area contributed by atoms with Gasteiger partial charge in [-0.15, -0.1) is 0 Å². The van der Waals surface area contributed by atoms with Crippen LogP contribution in [-0.2, 0) is 9.53 Å². The molecule has 4 heteroatoms. The van der Waals surface area contributed by atoms with E-state index in [9.17, 15) is 15.0 Å². The first-order valence-electron chi connectivity index (χ1n) is 6.00. The number of ether oxygens (including phenoxy) is 1. The van der Waals surface area contributed by atoms with Crippen molar-refractivity contribution in [2.45, 2.75) is 51.2 Å². The zero-order chi connectivity index (χ0) is 12.2. The number of methoxy groups -OCH3 is 1. The average Bonchev–Trinajstić information content (AvgIpc) is 2.50. The Labute approximate surface area is 96.6 Å². The zero-order valence-electron chi connectivity index (χ0n) is 10.1. The summed E-state index contributed by atoms with van der Waals surface area (Å²) in [6.07, 6.45) is 4.09. The van der Waals surface area contributed by atoms with Gasteiger partial charge in [0.1, 0.15) is 0 Å². The van der Waals surface area contributed by atoms with Crippen LogP contribution in [0.3, 0.4) is 0 Å². The summed E-state index contributed by atoms with van der Waals surface area (Å²) in [5.74, 6) is -1.57. The third-order valence-electron chi connectivity index (χ3n) is 3.43. The number of carbonyl (C=O) groups excluding carboxylic acids is 1. The Morgan fingerprint density at radius 1 is 1.38 bits per heavy atom. The molecule has 0 radical (unpaired) electrons. The van der Waals surface area contributed by atoms with E-state index in [1.807, 2.05) is 0 Å². The molecule has 0 saturated heterocycles. The molecule has 0 spiro atoms. The van der Waals surface area contributed by atoms with Gasteiger partial charge in [0.15, 0.2) is 5.79 Å². The number of carbonyl (C=O) groups is 1. The van der Waals surface area contributed by atoms with Gasteiger partial charge in [-0.25, -0.2) is 0 Å². The predicted octanol–water partition coefficient (Wildman–Crippen LogP) is 1.45. The molecule has 0 heterocycles. The van der Waals surface area contributed by atoms with E-state index in [2.05, 4.69) is 11.7 Å². The van der Waals surface area contributed by atoms with Crippen LogP contribution >= 0.6 is 0 Å². The highest BCUT2D eigenvalue weighted by molar-refractivity contribution is 5.69. The van der Waals surface area contributed by atoms with Gasteiger partial charge in [-0.05, 0) is 18.3 Å². The minimum atomic E-state index is -1.59. The third-order valence-corrected chi connectivity index (χ3v) is 3.43. The summed E-state index contributed by atoms with van der Waals surface area (Å²) in [7, 11) is 1.36. The summed E-state index contributed by atoms with van der Waals surface area (Å²) >= 11 is 0. The molecule has 1 rings (SSSR count). The van der Waals surface area contributed by atoms with E-state index in [1.54, 1.807) is 0 Å². The van der Waals surface area contributed by atoms with E-state index in [4.69, 9.17) is 0 Å². The maximum Gasteiger partial charge on any atom is 0.305 e. The highest BCUT2D eigenvalue weighted by Gasteiger charge is 2.43. The van der Waals surface area contributed by atoms with E-state index in [0.717, 1.165) is 19.3 Å². The summed E-state index contributed by atoms with van der Waals surface area (Å²) in [4.78, 5) is 11.2. The molecule has 2 N–H and O–H groups in total. The molecule has 2 atom stereocenters. The fourth-order valence-electron chi connectivity index (χ4n) is 2.60. The van der Waals surface area contributed by atoms with Crippen LogP contribution in [0.4, 0.5) is 0 Å². The van der Waals surface area contributed by atoms with E-state index < -0.39 is 5.79 Å². The van der Waals surface area contributed by atoms with Gasteiger partial charge in [0, 0.05) is 19.3 Å². The van der Waals surface area contributed by atoms with Crippen molar-refractivity contribution in [1.29, 1.82) is 0 Å². The second-order valence-electron chi connectivity index (χ2n) is 4.83.